The van der Waals surface area contributed by atoms with E-state index >= 15 is 0 Å². The smallest absolute Gasteiger partial charge is 0.469 e. The van der Waals surface area contributed by atoms with Crippen molar-refractivity contribution in [3.63, 3.8) is 0 Å². The van der Waals surface area contributed by atoms with Gasteiger partial charge < -0.3 is 9.47 Å². The van der Waals surface area contributed by atoms with Crippen LogP contribution in [-0.2, 0) is 9.53 Å². The molecule has 0 aliphatic rings. The van der Waals surface area contributed by atoms with Gasteiger partial charge in [0.05, 0.1) is 24.9 Å². The van der Waals surface area contributed by atoms with Gasteiger partial charge in [-0.05, 0) is 18.6 Å². The fraction of sp³-hybridized carbons (Fsp3) is 0.455. The highest BCUT2D eigenvalue weighted by Crippen LogP contribution is 2.24. The lowest BCUT2D eigenvalue weighted by atomic mass is 10.0. The van der Waals surface area contributed by atoms with Crippen molar-refractivity contribution in [2.45, 2.75) is 25.6 Å². The lowest BCUT2D eigenvalue weighted by molar-refractivity contribution is -0.274. The molecule has 18 heavy (non-hydrogen) atoms. The number of hydrogen-bond acceptors (Lipinski definition) is 4. The number of esters is 1. The van der Waals surface area contributed by atoms with Crippen molar-refractivity contribution in [1.29, 1.82) is 0 Å². The minimum absolute atomic E-state index is 0.346. The van der Waals surface area contributed by atoms with Gasteiger partial charge in [0.1, 0.15) is 5.75 Å². The maximum atomic E-state index is 11.9. The number of carbonyl (C=O) groups is 1. The summed E-state index contributed by atoms with van der Waals surface area (Å²) in [5.74, 6) is -1.49. The minimum atomic E-state index is -4.75. The molecule has 7 heteroatoms. The van der Waals surface area contributed by atoms with Crippen molar-refractivity contribution in [3.05, 3.63) is 24.0 Å². The zero-order valence-corrected chi connectivity index (χ0v) is 9.82. The van der Waals surface area contributed by atoms with Crippen LogP contribution in [0.1, 0.15) is 25.0 Å². The lowest BCUT2D eigenvalue weighted by Gasteiger charge is -2.13. The molecule has 1 atom stereocenters. The summed E-state index contributed by atoms with van der Waals surface area (Å²) in [5, 5.41) is 0. The van der Waals surface area contributed by atoms with E-state index in [-0.39, 0.29) is 0 Å². The highest BCUT2D eigenvalue weighted by molar-refractivity contribution is 5.77. The van der Waals surface area contributed by atoms with Gasteiger partial charge in [-0.15, -0.1) is 13.2 Å². The molecule has 0 spiro atoms. The average Bonchev–Trinajstić information content (AvgIpc) is 2.30. The molecule has 1 aromatic heterocycles. The third-order valence-electron chi connectivity index (χ3n) is 2.24. The maximum Gasteiger partial charge on any atom is 0.573 e. The van der Waals surface area contributed by atoms with E-state index in [0.29, 0.717) is 12.1 Å². The van der Waals surface area contributed by atoms with Gasteiger partial charge in [0, 0.05) is 0 Å². The normalized spacial score (nSPS) is 12.9. The maximum absolute atomic E-state index is 11.9. The number of aromatic nitrogens is 1. The highest BCUT2D eigenvalue weighted by Gasteiger charge is 2.31. The van der Waals surface area contributed by atoms with Gasteiger partial charge in [-0.3, -0.25) is 9.78 Å². The van der Waals surface area contributed by atoms with Gasteiger partial charge in [0.2, 0.25) is 0 Å². The third kappa shape index (κ3) is 3.90. The minimum Gasteiger partial charge on any atom is -0.469 e. The van der Waals surface area contributed by atoms with E-state index in [1.165, 1.54) is 13.2 Å². The fourth-order valence-corrected chi connectivity index (χ4v) is 1.43. The molecule has 0 saturated carbocycles. The molecule has 0 aromatic carbocycles. The molecular formula is C11H12F3NO3. The molecule has 1 aromatic rings. The Bertz CT molecular complexity index is 403. The SMILES string of the molecule is CCC(C(=O)OC)c1ccc(OC(F)(F)F)cn1. The van der Waals surface area contributed by atoms with Crippen LogP contribution in [0.3, 0.4) is 0 Å². The molecule has 0 fully saturated rings. The zero-order valence-electron chi connectivity index (χ0n) is 9.82. The predicted molar refractivity (Wildman–Crippen MR) is 56.0 cm³/mol. The Balaban J connectivity index is 2.84. The Morgan fingerprint density at radius 3 is 2.50 bits per heavy atom. The van der Waals surface area contributed by atoms with Gasteiger partial charge in [0.15, 0.2) is 0 Å². The van der Waals surface area contributed by atoms with Crippen molar-refractivity contribution in [1.82, 2.24) is 4.98 Å². The van der Waals surface area contributed by atoms with Crippen LogP contribution in [0.5, 0.6) is 5.75 Å². The summed E-state index contributed by atoms with van der Waals surface area (Å²) in [6, 6.07) is 2.42. The van der Waals surface area contributed by atoms with Gasteiger partial charge >= 0.3 is 12.3 Å². The second kappa shape index (κ2) is 5.70. The van der Waals surface area contributed by atoms with E-state index in [1.54, 1.807) is 6.92 Å². The monoisotopic (exact) mass is 263 g/mol. The van der Waals surface area contributed by atoms with Gasteiger partial charge in [-0.2, -0.15) is 0 Å². The van der Waals surface area contributed by atoms with Crippen LogP contribution in [0.15, 0.2) is 18.3 Å². The number of hydrogen-bond donors (Lipinski definition) is 0. The molecule has 100 valence electrons. The quantitative estimate of drug-likeness (QED) is 0.783. The first-order valence-corrected chi connectivity index (χ1v) is 5.17. The lowest BCUT2D eigenvalue weighted by Crippen LogP contribution is -2.18. The van der Waals surface area contributed by atoms with Crippen LogP contribution in [0, 0.1) is 0 Å². The van der Waals surface area contributed by atoms with Gasteiger partial charge in [0.25, 0.3) is 0 Å². The Labute approximate surface area is 102 Å². The fourth-order valence-electron chi connectivity index (χ4n) is 1.43. The van der Waals surface area contributed by atoms with Crippen molar-refractivity contribution in [3.8, 4) is 5.75 Å². The molecule has 4 nitrogen and oxygen atoms in total. The van der Waals surface area contributed by atoms with Crippen LogP contribution in [0.25, 0.3) is 0 Å². The Morgan fingerprint density at radius 2 is 2.11 bits per heavy atom. The molecule has 0 radical (unpaired) electrons. The summed E-state index contributed by atoms with van der Waals surface area (Å²) in [6.07, 6.45) is -3.39. The number of alkyl halides is 3. The number of rotatable bonds is 4. The number of ether oxygens (including phenoxy) is 2. The summed E-state index contributed by atoms with van der Waals surface area (Å²) in [5.41, 5.74) is 0.346. The number of pyridine rings is 1. The van der Waals surface area contributed by atoms with Crippen molar-refractivity contribution < 1.29 is 27.4 Å². The van der Waals surface area contributed by atoms with Gasteiger partial charge in [-0.25, -0.2) is 0 Å². The van der Waals surface area contributed by atoms with Crippen LogP contribution in [-0.4, -0.2) is 24.4 Å². The second-order valence-electron chi connectivity index (χ2n) is 3.45. The highest BCUT2D eigenvalue weighted by atomic mass is 19.4. The summed E-state index contributed by atoms with van der Waals surface area (Å²) in [6.45, 7) is 1.75. The Kier molecular flexibility index (Phi) is 4.52. The first kappa shape index (κ1) is 14.3. The molecular weight excluding hydrogens is 251 g/mol. The topological polar surface area (TPSA) is 48.4 Å². The van der Waals surface area contributed by atoms with Crippen molar-refractivity contribution >= 4 is 5.97 Å². The van der Waals surface area contributed by atoms with Crippen LogP contribution in [0.2, 0.25) is 0 Å². The molecule has 0 saturated heterocycles. The van der Waals surface area contributed by atoms with Crippen LogP contribution >= 0.6 is 0 Å². The first-order valence-electron chi connectivity index (χ1n) is 5.17. The molecule has 0 N–H and O–H groups in total. The predicted octanol–water partition coefficient (Wildman–Crippen LogP) is 2.65. The number of halogens is 3. The van der Waals surface area contributed by atoms with Gasteiger partial charge in [-0.1, -0.05) is 6.92 Å². The Hall–Kier alpha value is -1.79. The van der Waals surface area contributed by atoms with E-state index in [9.17, 15) is 18.0 Å². The molecule has 0 aliphatic carbocycles. The van der Waals surface area contributed by atoms with Crippen molar-refractivity contribution in [2.24, 2.45) is 0 Å². The van der Waals surface area contributed by atoms with Crippen LogP contribution in [0.4, 0.5) is 13.2 Å². The molecule has 0 amide bonds. The molecule has 1 unspecified atom stereocenters. The Morgan fingerprint density at radius 1 is 1.44 bits per heavy atom. The summed E-state index contributed by atoms with van der Waals surface area (Å²) < 4.78 is 44.0. The van der Waals surface area contributed by atoms with E-state index in [1.807, 2.05) is 0 Å². The van der Waals surface area contributed by atoms with E-state index in [0.717, 1.165) is 12.3 Å². The number of nitrogens with zero attached hydrogens (tertiary/aromatic N) is 1. The largest absolute Gasteiger partial charge is 0.573 e. The van der Waals surface area contributed by atoms with Crippen molar-refractivity contribution in [2.75, 3.05) is 7.11 Å². The average molecular weight is 263 g/mol. The standard InChI is InChI=1S/C11H12F3NO3/c1-3-8(10(16)17-2)9-5-4-7(6-15-9)18-11(12,13)14/h4-6,8H,3H2,1-2H3. The number of methoxy groups -OCH3 is 1. The first-order chi connectivity index (χ1) is 8.37. The molecule has 1 heterocycles. The molecule has 0 aliphatic heterocycles. The summed E-state index contributed by atoms with van der Waals surface area (Å²) >= 11 is 0. The van der Waals surface area contributed by atoms with E-state index in [4.69, 9.17) is 0 Å². The van der Waals surface area contributed by atoms with E-state index in [2.05, 4.69) is 14.5 Å². The molecule has 0 bridgehead atoms. The third-order valence-corrected chi connectivity index (χ3v) is 2.24. The zero-order chi connectivity index (χ0) is 13.8. The molecule has 1 rings (SSSR count). The number of carbonyl (C=O) groups excluding carboxylic acids is 1. The summed E-state index contributed by atoms with van der Waals surface area (Å²) in [7, 11) is 1.24. The van der Waals surface area contributed by atoms with Crippen LogP contribution < -0.4 is 4.74 Å². The second-order valence-corrected chi connectivity index (χ2v) is 3.45. The summed E-state index contributed by atoms with van der Waals surface area (Å²) in [4.78, 5) is 15.2. The van der Waals surface area contributed by atoms with E-state index < -0.39 is 24.0 Å².